The highest BCUT2D eigenvalue weighted by atomic mass is 32.2. The van der Waals surface area contributed by atoms with Crippen molar-refractivity contribution in [2.24, 2.45) is 0 Å². The van der Waals surface area contributed by atoms with Crippen molar-refractivity contribution in [1.29, 1.82) is 0 Å². The van der Waals surface area contributed by atoms with E-state index in [1.807, 2.05) is 6.92 Å². The van der Waals surface area contributed by atoms with Gasteiger partial charge in [-0.15, -0.1) is 11.8 Å². The number of hydrogen-bond acceptors (Lipinski definition) is 3. The zero-order valence-corrected chi connectivity index (χ0v) is 9.36. The lowest BCUT2D eigenvalue weighted by atomic mass is 10.0. The molecule has 4 heteroatoms. The second-order valence-electron chi connectivity index (χ2n) is 3.43. The van der Waals surface area contributed by atoms with E-state index in [-0.39, 0.29) is 16.8 Å². The Bertz CT molecular complexity index is 417. The van der Waals surface area contributed by atoms with Gasteiger partial charge in [0, 0.05) is 16.9 Å². The molecular weight excluding hydrogens is 215 g/mol. The number of ether oxygens (including phenoxy) is 1. The quantitative estimate of drug-likeness (QED) is 0.736. The first-order valence-corrected chi connectivity index (χ1v) is 5.71. The molecule has 1 heterocycles. The molecular formula is C11H11FO2S. The Morgan fingerprint density at radius 1 is 1.53 bits per heavy atom. The standard InChI is InChI=1S/C11H11FO2S/c1-6-11(13)7-3-4-9(14-2)10(12)8(7)5-15-6/h3-4,6H,5H2,1-2H3. The number of ketones is 1. The number of hydrogen-bond donors (Lipinski definition) is 0. The first-order chi connectivity index (χ1) is 7.15. The third kappa shape index (κ3) is 1.63. The third-order valence-corrected chi connectivity index (χ3v) is 3.71. The number of Topliss-reactive ketones (excluding diaryl/α,β-unsaturated/α-hetero) is 1. The van der Waals surface area contributed by atoms with Gasteiger partial charge in [-0.1, -0.05) is 0 Å². The fraction of sp³-hybridized carbons (Fsp3) is 0.364. The number of thioether (sulfide) groups is 1. The summed E-state index contributed by atoms with van der Waals surface area (Å²) in [4.78, 5) is 11.7. The van der Waals surface area contributed by atoms with Crippen molar-refractivity contribution in [3.05, 3.63) is 29.1 Å². The molecule has 0 bridgehead atoms. The number of carbonyl (C=O) groups excluding carboxylic acids is 1. The molecule has 0 spiro atoms. The Kier molecular flexibility index (Phi) is 2.69. The lowest BCUT2D eigenvalue weighted by molar-refractivity contribution is 0.0991. The first-order valence-electron chi connectivity index (χ1n) is 4.66. The second kappa shape index (κ2) is 3.85. The molecule has 0 amide bonds. The summed E-state index contributed by atoms with van der Waals surface area (Å²) in [5.41, 5.74) is 0.974. The maximum atomic E-state index is 13.8. The smallest absolute Gasteiger partial charge is 0.175 e. The van der Waals surface area contributed by atoms with Gasteiger partial charge < -0.3 is 4.74 Å². The van der Waals surface area contributed by atoms with Crippen LogP contribution in [0.25, 0.3) is 0 Å². The van der Waals surface area contributed by atoms with Gasteiger partial charge >= 0.3 is 0 Å². The van der Waals surface area contributed by atoms with Crippen LogP contribution >= 0.6 is 11.8 Å². The Morgan fingerprint density at radius 2 is 2.27 bits per heavy atom. The van der Waals surface area contributed by atoms with E-state index in [4.69, 9.17) is 4.74 Å². The predicted molar refractivity (Wildman–Crippen MR) is 58.0 cm³/mol. The molecule has 0 saturated heterocycles. The molecule has 0 saturated carbocycles. The Balaban J connectivity index is 2.55. The van der Waals surface area contributed by atoms with E-state index in [0.29, 0.717) is 16.9 Å². The van der Waals surface area contributed by atoms with E-state index in [1.54, 1.807) is 6.07 Å². The van der Waals surface area contributed by atoms with Crippen LogP contribution in [0.2, 0.25) is 0 Å². The lowest BCUT2D eigenvalue weighted by Crippen LogP contribution is -2.21. The molecule has 0 N–H and O–H groups in total. The summed E-state index contributed by atoms with van der Waals surface area (Å²) < 4.78 is 18.6. The predicted octanol–water partition coefficient (Wildman–Crippen LogP) is 2.65. The summed E-state index contributed by atoms with van der Waals surface area (Å²) in [5.74, 6) is 0.341. The SMILES string of the molecule is COc1ccc2c(c1F)CSC(C)C2=O. The van der Waals surface area contributed by atoms with Crippen LogP contribution in [0.15, 0.2) is 12.1 Å². The summed E-state index contributed by atoms with van der Waals surface area (Å²) in [6.45, 7) is 1.85. The maximum absolute atomic E-state index is 13.8. The number of carbonyl (C=O) groups is 1. The van der Waals surface area contributed by atoms with Gasteiger partial charge in [0.2, 0.25) is 0 Å². The van der Waals surface area contributed by atoms with Crippen molar-refractivity contribution in [2.45, 2.75) is 17.9 Å². The second-order valence-corrected chi connectivity index (χ2v) is 4.75. The Morgan fingerprint density at radius 3 is 2.93 bits per heavy atom. The van der Waals surface area contributed by atoms with E-state index in [1.165, 1.54) is 24.9 Å². The van der Waals surface area contributed by atoms with Gasteiger partial charge in [0.25, 0.3) is 0 Å². The third-order valence-electron chi connectivity index (χ3n) is 2.54. The number of rotatable bonds is 1. The van der Waals surface area contributed by atoms with E-state index >= 15 is 0 Å². The molecule has 1 aromatic rings. The summed E-state index contributed by atoms with van der Waals surface area (Å²) in [7, 11) is 1.42. The highest BCUT2D eigenvalue weighted by Gasteiger charge is 2.27. The molecule has 1 aliphatic heterocycles. The van der Waals surface area contributed by atoms with Gasteiger partial charge in [-0.05, 0) is 19.1 Å². The van der Waals surface area contributed by atoms with Crippen LogP contribution < -0.4 is 4.74 Å². The average molecular weight is 226 g/mol. The van der Waals surface area contributed by atoms with Gasteiger partial charge in [-0.3, -0.25) is 4.79 Å². The Labute approximate surface area is 91.8 Å². The van der Waals surface area contributed by atoms with Crippen molar-refractivity contribution < 1.29 is 13.9 Å². The zero-order chi connectivity index (χ0) is 11.0. The van der Waals surface area contributed by atoms with Crippen LogP contribution in [0.4, 0.5) is 4.39 Å². The fourth-order valence-electron chi connectivity index (χ4n) is 1.63. The lowest BCUT2D eigenvalue weighted by Gasteiger charge is -2.21. The molecule has 0 radical (unpaired) electrons. The van der Waals surface area contributed by atoms with Crippen molar-refractivity contribution in [1.82, 2.24) is 0 Å². The fourth-order valence-corrected chi connectivity index (χ4v) is 2.61. The maximum Gasteiger partial charge on any atom is 0.175 e. The van der Waals surface area contributed by atoms with Crippen molar-refractivity contribution in [3.8, 4) is 5.75 Å². The normalized spacial score (nSPS) is 19.9. The van der Waals surface area contributed by atoms with Gasteiger partial charge in [0.15, 0.2) is 17.3 Å². The zero-order valence-electron chi connectivity index (χ0n) is 8.54. The van der Waals surface area contributed by atoms with Crippen molar-refractivity contribution in [2.75, 3.05) is 7.11 Å². The summed E-state index contributed by atoms with van der Waals surface area (Å²) in [6.07, 6.45) is 0. The van der Waals surface area contributed by atoms with Crippen LogP contribution in [0.3, 0.4) is 0 Å². The van der Waals surface area contributed by atoms with E-state index in [0.717, 1.165) is 0 Å². The number of benzene rings is 1. The van der Waals surface area contributed by atoms with Gasteiger partial charge in [-0.2, -0.15) is 0 Å². The molecule has 0 aliphatic carbocycles. The highest BCUT2D eigenvalue weighted by molar-refractivity contribution is 8.00. The van der Waals surface area contributed by atoms with Crippen LogP contribution in [0.5, 0.6) is 5.75 Å². The van der Waals surface area contributed by atoms with Crippen molar-refractivity contribution >= 4 is 17.5 Å². The van der Waals surface area contributed by atoms with Gasteiger partial charge in [0.05, 0.1) is 12.4 Å². The molecule has 1 aromatic carbocycles. The molecule has 0 aromatic heterocycles. The van der Waals surface area contributed by atoms with Crippen LogP contribution in [-0.4, -0.2) is 18.1 Å². The van der Waals surface area contributed by atoms with Crippen molar-refractivity contribution in [3.63, 3.8) is 0 Å². The summed E-state index contributed by atoms with van der Waals surface area (Å²) in [5, 5.41) is -0.0784. The number of halogens is 1. The summed E-state index contributed by atoms with van der Waals surface area (Å²) in [6, 6.07) is 3.16. The molecule has 1 atom stereocenters. The molecule has 1 unspecified atom stereocenters. The summed E-state index contributed by atoms with van der Waals surface area (Å²) >= 11 is 1.46. The van der Waals surface area contributed by atoms with E-state index in [2.05, 4.69) is 0 Å². The van der Waals surface area contributed by atoms with E-state index in [9.17, 15) is 9.18 Å². The Hall–Kier alpha value is -1.03. The molecule has 2 nitrogen and oxygen atoms in total. The average Bonchev–Trinajstić information content (AvgIpc) is 2.24. The molecule has 80 valence electrons. The van der Waals surface area contributed by atoms with Crippen LogP contribution in [0, 0.1) is 5.82 Å². The van der Waals surface area contributed by atoms with Gasteiger partial charge in [-0.25, -0.2) is 4.39 Å². The monoisotopic (exact) mass is 226 g/mol. The molecule has 2 rings (SSSR count). The number of fused-ring (bicyclic) bond motifs is 1. The minimum atomic E-state index is -0.400. The minimum Gasteiger partial charge on any atom is -0.494 e. The van der Waals surface area contributed by atoms with Crippen LogP contribution in [0.1, 0.15) is 22.8 Å². The minimum absolute atomic E-state index is 0.00260. The van der Waals surface area contributed by atoms with Gasteiger partial charge in [0.1, 0.15) is 0 Å². The molecule has 1 aliphatic rings. The highest BCUT2D eigenvalue weighted by Crippen LogP contribution is 2.34. The largest absolute Gasteiger partial charge is 0.494 e. The first kappa shape index (κ1) is 10.5. The number of methoxy groups -OCH3 is 1. The molecule has 0 fully saturated rings. The topological polar surface area (TPSA) is 26.3 Å². The molecule has 15 heavy (non-hydrogen) atoms. The van der Waals surface area contributed by atoms with Crippen LogP contribution in [-0.2, 0) is 5.75 Å². The van der Waals surface area contributed by atoms with E-state index < -0.39 is 5.82 Å².